The number of nitrogens with zero attached hydrogens (tertiary/aromatic N) is 2. The molecule has 0 aliphatic heterocycles. The largest absolute Gasteiger partial charge is 0.444 e. The molecule has 7 nitrogen and oxygen atoms in total. The van der Waals surface area contributed by atoms with Crippen LogP contribution in [-0.2, 0) is 4.74 Å². The van der Waals surface area contributed by atoms with Crippen LogP contribution in [0.25, 0.3) is 4.85 Å². The second-order valence-electron chi connectivity index (χ2n) is 6.36. The Kier molecular flexibility index (Phi) is 5.31. The van der Waals surface area contributed by atoms with Crippen molar-refractivity contribution in [1.29, 1.82) is 0 Å². The third kappa shape index (κ3) is 4.58. The van der Waals surface area contributed by atoms with Crippen LogP contribution in [-0.4, -0.2) is 21.7 Å². The monoisotopic (exact) mass is 306 g/mol. The molecule has 0 radical (unpaired) electrons. The zero-order valence-electron chi connectivity index (χ0n) is 13.8. The molecule has 7 heteroatoms. The highest BCUT2D eigenvalue weighted by Crippen LogP contribution is 2.20. The third-order valence-electron chi connectivity index (χ3n) is 2.83. The summed E-state index contributed by atoms with van der Waals surface area (Å²) in [7, 11) is 0. The predicted octanol–water partition coefficient (Wildman–Crippen LogP) is 2.85. The Morgan fingerprint density at radius 3 is 2.41 bits per heavy atom. The van der Waals surface area contributed by atoms with Crippen LogP contribution in [0.3, 0.4) is 0 Å². The molecule has 1 aromatic rings. The van der Waals surface area contributed by atoms with Crippen molar-refractivity contribution >= 4 is 11.8 Å². The minimum atomic E-state index is -0.615. The van der Waals surface area contributed by atoms with Crippen molar-refractivity contribution in [2.75, 3.05) is 0 Å². The lowest BCUT2D eigenvalue weighted by molar-refractivity contribution is 0.0486. The van der Waals surface area contributed by atoms with Crippen LogP contribution in [0.15, 0.2) is 4.79 Å². The molecule has 1 unspecified atom stereocenters. The topological polar surface area (TPSA) is 88.4 Å². The zero-order chi connectivity index (χ0) is 17.1. The van der Waals surface area contributed by atoms with Gasteiger partial charge in [-0.05, 0) is 33.6 Å². The van der Waals surface area contributed by atoms with Gasteiger partial charge in [-0.1, -0.05) is 13.8 Å². The average molecular weight is 306 g/mol. The maximum atomic E-state index is 11.9. The Morgan fingerprint density at radius 1 is 1.41 bits per heavy atom. The van der Waals surface area contributed by atoms with Gasteiger partial charge in [-0.2, -0.15) is 0 Å². The Morgan fingerprint density at radius 2 is 2.00 bits per heavy atom. The normalized spacial score (nSPS) is 12.6. The summed E-state index contributed by atoms with van der Waals surface area (Å²) in [6.45, 7) is 17.7. The van der Waals surface area contributed by atoms with Gasteiger partial charge in [-0.3, -0.25) is 4.79 Å². The molecule has 1 atom stereocenters. The van der Waals surface area contributed by atoms with E-state index in [1.807, 2.05) is 13.8 Å². The van der Waals surface area contributed by atoms with Crippen molar-refractivity contribution in [2.24, 2.45) is 5.92 Å². The fourth-order valence-electron chi connectivity index (χ4n) is 1.87. The molecule has 0 saturated carbocycles. The van der Waals surface area contributed by atoms with E-state index < -0.39 is 23.3 Å². The first-order valence-electron chi connectivity index (χ1n) is 7.03. The molecule has 1 rings (SSSR count). The van der Waals surface area contributed by atoms with Gasteiger partial charge in [-0.15, -0.1) is 0 Å². The van der Waals surface area contributed by atoms with Gasteiger partial charge < -0.3 is 15.0 Å². The summed E-state index contributed by atoms with van der Waals surface area (Å²) in [6.07, 6.45) is -0.583. The molecule has 2 N–H and O–H groups in total. The van der Waals surface area contributed by atoms with E-state index >= 15 is 0 Å². The molecule has 0 saturated heterocycles. The van der Waals surface area contributed by atoms with Crippen LogP contribution >= 0.6 is 0 Å². The summed E-state index contributed by atoms with van der Waals surface area (Å²) in [5.41, 5.74) is -0.820. The number of alkyl carbamates (subject to hydrolysis) is 1. The van der Waals surface area contributed by atoms with Crippen LogP contribution in [0, 0.1) is 19.4 Å². The zero-order valence-corrected chi connectivity index (χ0v) is 13.8. The van der Waals surface area contributed by atoms with E-state index in [9.17, 15) is 9.59 Å². The average Bonchev–Trinajstić information content (AvgIpc) is 2.33. The van der Waals surface area contributed by atoms with Gasteiger partial charge in [0.25, 0.3) is 11.2 Å². The molecule has 0 bridgehead atoms. The number of rotatable bonds is 3. The number of carbonyl (C=O) groups excluding carboxylic acids is 1. The summed E-state index contributed by atoms with van der Waals surface area (Å²) in [5.74, 6) is 0.296. The lowest BCUT2D eigenvalue weighted by atomic mass is 10.0. The number of carbonyl (C=O) groups is 1. The highest BCUT2D eigenvalue weighted by molar-refractivity contribution is 5.68. The van der Waals surface area contributed by atoms with Gasteiger partial charge in [-0.25, -0.2) is 14.6 Å². The Bertz CT molecular complexity index is 650. The van der Waals surface area contributed by atoms with E-state index in [1.54, 1.807) is 27.7 Å². The molecular formula is C15H22N4O3. The van der Waals surface area contributed by atoms with Crippen molar-refractivity contribution < 1.29 is 9.53 Å². The molecule has 0 aliphatic rings. The first-order chi connectivity index (χ1) is 10.0. The fraction of sp³-hybridized carbons (Fsp3) is 0.600. The molecule has 0 aromatic carbocycles. The van der Waals surface area contributed by atoms with Crippen LogP contribution < -0.4 is 10.9 Å². The van der Waals surface area contributed by atoms with Crippen LogP contribution in [0.2, 0.25) is 0 Å². The molecule has 1 aromatic heterocycles. The molecular weight excluding hydrogens is 284 g/mol. The summed E-state index contributed by atoms with van der Waals surface area (Å²) < 4.78 is 5.23. The first kappa shape index (κ1) is 17.7. The number of nitrogens with one attached hydrogen (secondary N) is 2. The smallest absolute Gasteiger partial charge is 0.408 e. The Balaban J connectivity index is 3.10. The van der Waals surface area contributed by atoms with Gasteiger partial charge >= 0.3 is 6.09 Å². The maximum Gasteiger partial charge on any atom is 0.408 e. The minimum Gasteiger partial charge on any atom is -0.444 e. The van der Waals surface area contributed by atoms with Crippen molar-refractivity contribution in [2.45, 2.75) is 53.2 Å². The van der Waals surface area contributed by atoms with Crippen molar-refractivity contribution in [1.82, 2.24) is 15.3 Å². The summed E-state index contributed by atoms with van der Waals surface area (Å²) >= 11 is 0. The maximum absolute atomic E-state index is 11.9. The predicted molar refractivity (Wildman–Crippen MR) is 82.8 cm³/mol. The van der Waals surface area contributed by atoms with Gasteiger partial charge in [0.15, 0.2) is 0 Å². The van der Waals surface area contributed by atoms with Gasteiger partial charge in [0.05, 0.1) is 18.3 Å². The fourth-order valence-corrected chi connectivity index (χ4v) is 1.87. The quantitative estimate of drug-likeness (QED) is 0.840. The van der Waals surface area contributed by atoms with Gasteiger partial charge in [0, 0.05) is 0 Å². The SMILES string of the molecule is [C-]#[N+]c1c(C)nc(C(NC(=O)OC(C)(C)C)C(C)C)[nH]c1=O. The van der Waals surface area contributed by atoms with E-state index in [4.69, 9.17) is 11.3 Å². The third-order valence-corrected chi connectivity index (χ3v) is 2.83. The number of amides is 1. The van der Waals surface area contributed by atoms with Crippen LogP contribution in [0.4, 0.5) is 10.5 Å². The molecule has 120 valence electrons. The van der Waals surface area contributed by atoms with Gasteiger partial charge in [0.1, 0.15) is 11.4 Å². The van der Waals surface area contributed by atoms with E-state index in [-0.39, 0.29) is 11.6 Å². The lowest BCUT2D eigenvalue weighted by Gasteiger charge is -2.25. The van der Waals surface area contributed by atoms with E-state index in [2.05, 4.69) is 20.1 Å². The number of H-pyrrole nitrogens is 1. The molecule has 0 fully saturated rings. The molecule has 1 heterocycles. The molecule has 0 spiro atoms. The number of aryl methyl sites for hydroxylation is 1. The second kappa shape index (κ2) is 6.60. The number of aromatic amines is 1. The van der Waals surface area contributed by atoms with Crippen molar-refractivity contribution in [3.63, 3.8) is 0 Å². The number of aromatic nitrogens is 2. The van der Waals surface area contributed by atoms with Crippen molar-refractivity contribution in [3.8, 4) is 0 Å². The highest BCUT2D eigenvalue weighted by atomic mass is 16.6. The van der Waals surface area contributed by atoms with Crippen LogP contribution in [0.5, 0.6) is 0 Å². The standard InChI is InChI=1S/C15H22N4O3/c1-8(2)10(18-14(21)22-15(4,5)6)12-17-9(3)11(16-7)13(20)19-12/h8,10H,1-6H3,(H,18,21)(H,17,19,20). The second-order valence-corrected chi connectivity index (χ2v) is 6.36. The first-order valence-corrected chi connectivity index (χ1v) is 7.03. The lowest BCUT2D eigenvalue weighted by Crippen LogP contribution is -2.38. The summed E-state index contributed by atoms with van der Waals surface area (Å²) in [6, 6.07) is -0.513. The summed E-state index contributed by atoms with van der Waals surface area (Å²) in [5, 5.41) is 2.71. The highest BCUT2D eigenvalue weighted by Gasteiger charge is 2.25. The molecule has 0 aliphatic carbocycles. The van der Waals surface area contributed by atoms with Crippen molar-refractivity contribution in [3.05, 3.63) is 33.3 Å². The summed E-state index contributed by atoms with van der Waals surface area (Å²) in [4.78, 5) is 33.8. The molecule has 1 amide bonds. The van der Waals surface area contributed by atoms with E-state index in [0.717, 1.165) is 0 Å². The van der Waals surface area contributed by atoms with Crippen LogP contribution in [0.1, 0.15) is 52.2 Å². The number of hydrogen-bond donors (Lipinski definition) is 2. The molecule has 22 heavy (non-hydrogen) atoms. The Labute approximate surface area is 129 Å². The van der Waals surface area contributed by atoms with Gasteiger partial charge in [0.2, 0.25) is 0 Å². The minimum absolute atomic E-state index is 0.0196. The number of ether oxygens (including phenoxy) is 1. The Hall–Kier alpha value is -2.36. The van der Waals surface area contributed by atoms with E-state index in [1.165, 1.54) is 0 Å². The van der Waals surface area contributed by atoms with E-state index in [0.29, 0.717) is 11.5 Å². The number of hydrogen-bond acceptors (Lipinski definition) is 4.